The van der Waals surface area contributed by atoms with Gasteiger partial charge in [0.15, 0.2) is 0 Å². The quantitative estimate of drug-likeness (QED) is 0.832. The standard InChI is InChI=1S/C15H20N4O/c1-12(16)9-15(20)17-10-13-5-2-3-6-14(13)11-19-8-4-7-18-19/h2-8,12H,9-11,16H2,1H3,(H,17,20). The van der Waals surface area contributed by atoms with Crippen LogP contribution in [0.3, 0.4) is 0 Å². The van der Waals surface area contributed by atoms with Crippen molar-refractivity contribution in [1.29, 1.82) is 0 Å². The van der Waals surface area contributed by atoms with Gasteiger partial charge in [0.25, 0.3) is 0 Å². The lowest BCUT2D eigenvalue weighted by Crippen LogP contribution is -2.29. The fraction of sp³-hybridized carbons (Fsp3) is 0.333. The first-order valence-electron chi connectivity index (χ1n) is 6.71. The lowest BCUT2D eigenvalue weighted by atomic mass is 10.1. The molecule has 0 fully saturated rings. The van der Waals surface area contributed by atoms with Crippen LogP contribution in [0.15, 0.2) is 42.7 Å². The number of nitrogens with zero attached hydrogens (tertiary/aromatic N) is 2. The van der Waals surface area contributed by atoms with Gasteiger partial charge in [-0.15, -0.1) is 0 Å². The van der Waals surface area contributed by atoms with E-state index < -0.39 is 0 Å². The van der Waals surface area contributed by atoms with E-state index in [-0.39, 0.29) is 11.9 Å². The molecule has 0 aliphatic rings. The molecule has 2 rings (SSSR count). The molecule has 5 nitrogen and oxygen atoms in total. The van der Waals surface area contributed by atoms with E-state index in [9.17, 15) is 4.79 Å². The van der Waals surface area contributed by atoms with E-state index in [0.717, 1.165) is 11.1 Å². The summed E-state index contributed by atoms with van der Waals surface area (Å²) in [6.07, 6.45) is 4.03. The summed E-state index contributed by atoms with van der Waals surface area (Å²) < 4.78 is 1.86. The van der Waals surface area contributed by atoms with Crippen molar-refractivity contribution in [3.63, 3.8) is 0 Å². The van der Waals surface area contributed by atoms with E-state index in [1.807, 2.05) is 42.1 Å². The van der Waals surface area contributed by atoms with Crippen LogP contribution in [0.5, 0.6) is 0 Å². The van der Waals surface area contributed by atoms with Crippen LogP contribution < -0.4 is 11.1 Å². The molecule has 5 heteroatoms. The molecular weight excluding hydrogens is 252 g/mol. The molecule has 0 bridgehead atoms. The van der Waals surface area contributed by atoms with Crippen molar-refractivity contribution in [3.8, 4) is 0 Å². The molecule has 1 heterocycles. The largest absolute Gasteiger partial charge is 0.352 e. The topological polar surface area (TPSA) is 72.9 Å². The number of benzene rings is 1. The van der Waals surface area contributed by atoms with E-state index in [1.165, 1.54) is 0 Å². The number of nitrogens with two attached hydrogens (primary N) is 1. The van der Waals surface area contributed by atoms with Gasteiger partial charge in [-0.25, -0.2) is 0 Å². The van der Waals surface area contributed by atoms with Gasteiger partial charge in [0.05, 0.1) is 6.54 Å². The minimum absolute atomic E-state index is 0.0195. The van der Waals surface area contributed by atoms with Gasteiger partial charge in [-0.05, 0) is 24.1 Å². The van der Waals surface area contributed by atoms with Gasteiger partial charge >= 0.3 is 0 Å². The highest BCUT2D eigenvalue weighted by Crippen LogP contribution is 2.10. The Morgan fingerprint density at radius 3 is 2.75 bits per heavy atom. The summed E-state index contributed by atoms with van der Waals surface area (Å²) in [6.45, 7) is 3.04. The molecule has 106 valence electrons. The molecule has 0 aliphatic carbocycles. The summed E-state index contributed by atoms with van der Waals surface area (Å²) in [7, 11) is 0. The molecule has 1 atom stereocenters. The second kappa shape index (κ2) is 6.86. The van der Waals surface area contributed by atoms with Gasteiger partial charge in [-0.2, -0.15) is 5.10 Å². The third-order valence-corrected chi connectivity index (χ3v) is 2.99. The summed E-state index contributed by atoms with van der Waals surface area (Å²) in [5, 5.41) is 7.10. The van der Waals surface area contributed by atoms with Gasteiger partial charge < -0.3 is 11.1 Å². The minimum Gasteiger partial charge on any atom is -0.352 e. The van der Waals surface area contributed by atoms with E-state index in [1.54, 1.807) is 6.20 Å². The van der Waals surface area contributed by atoms with Crippen molar-refractivity contribution in [2.75, 3.05) is 0 Å². The Morgan fingerprint density at radius 1 is 1.35 bits per heavy atom. The maximum atomic E-state index is 11.6. The van der Waals surface area contributed by atoms with Crippen molar-refractivity contribution in [2.45, 2.75) is 32.5 Å². The second-order valence-electron chi connectivity index (χ2n) is 4.93. The third-order valence-electron chi connectivity index (χ3n) is 2.99. The van der Waals surface area contributed by atoms with E-state index >= 15 is 0 Å². The smallest absolute Gasteiger partial charge is 0.221 e. The summed E-state index contributed by atoms with van der Waals surface area (Å²) in [4.78, 5) is 11.6. The first-order chi connectivity index (χ1) is 9.65. The first kappa shape index (κ1) is 14.3. The van der Waals surface area contributed by atoms with Crippen LogP contribution in [-0.4, -0.2) is 21.7 Å². The predicted molar refractivity (Wildman–Crippen MR) is 77.9 cm³/mol. The number of aromatic nitrogens is 2. The van der Waals surface area contributed by atoms with Gasteiger partial charge in [-0.3, -0.25) is 9.48 Å². The van der Waals surface area contributed by atoms with Crippen LogP contribution >= 0.6 is 0 Å². The summed E-state index contributed by atoms with van der Waals surface area (Å²) in [5.74, 6) is -0.0195. The van der Waals surface area contributed by atoms with Gasteiger partial charge in [0.2, 0.25) is 5.91 Å². The minimum atomic E-state index is -0.116. The Kier molecular flexibility index (Phi) is 4.90. The normalized spacial score (nSPS) is 12.1. The summed E-state index contributed by atoms with van der Waals surface area (Å²) >= 11 is 0. The lowest BCUT2D eigenvalue weighted by molar-refractivity contribution is -0.121. The van der Waals surface area contributed by atoms with Gasteiger partial charge in [-0.1, -0.05) is 24.3 Å². The Morgan fingerprint density at radius 2 is 2.10 bits per heavy atom. The van der Waals surface area contributed by atoms with Crippen LogP contribution in [-0.2, 0) is 17.9 Å². The molecule has 3 N–H and O–H groups in total. The van der Waals surface area contributed by atoms with Crippen LogP contribution in [0.25, 0.3) is 0 Å². The molecular formula is C15H20N4O. The van der Waals surface area contributed by atoms with Crippen molar-refractivity contribution in [1.82, 2.24) is 15.1 Å². The summed E-state index contributed by atoms with van der Waals surface area (Å²) in [6, 6.07) is 9.81. The Bertz CT molecular complexity index is 549. The Balaban J connectivity index is 1.99. The summed E-state index contributed by atoms with van der Waals surface area (Å²) in [5.41, 5.74) is 7.86. The van der Waals surface area contributed by atoms with Crippen molar-refractivity contribution < 1.29 is 4.79 Å². The molecule has 0 aliphatic heterocycles. The van der Waals surface area contributed by atoms with Gasteiger partial charge in [0, 0.05) is 31.4 Å². The highest BCUT2D eigenvalue weighted by molar-refractivity contribution is 5.76. The molecule has 2 aromatic rings. The zero-order valence-corrected chi connectivity index (χ0v) is 11.6. The molecule has 1 amide bonds. The maximum absolute atomic E-state index is 11.6. The van der Waals surface area contributed by atoms with Crippen LogP contribution in [0.1, 0.15) is 24.5 Å². The molecule has 20 heavy (non-hydrogen) atoms. The molecule has 0 spiro atoms. The van der Waals surface area contributed by atoms with Crippen molar-refractivity contribution >= 4 is 5.91 Å². The average Bonchev–Trinajstić information content (AvgIpc) is 2.90. The number of carbonyl (C=O) groups excluding carboxylic acids is 1. The number of hydrogen-bond donors (Lipinski definition) is 2. The van der Waals surface area contributed by atoms with Crippen molar-refractivity contribution in [2.24, 2.45) is 5.73 Å². The average molecular weight is 272 g/mol. The third kappa shape index (κ3) is 4.20. The SMILES string of the molecule is CC(N)CC(=O)NCc1ccccc1Cn1cccn1. The Labute approximate surface area is 118 Å². The van der Waals surface area contributed by atoms with Crippen LogP contribution in [0.4, 0.5) is 0 Å². The number of hydrogen-bond acceptors (Lipinski definition) is 3. The number of amides is 1. The first-order valence-corrected chi connectivity index (χ1v) is 6.71. The fourth-order valence-electron chi connectivity index (χ4n) is 2.01. The number of rotatable bonds is 6. The van der Waals surface area contributed by atoms with E-state index in [2.05, 4.69) is 16.5 Å². The zero-order chi connectivity index (χ0) is 14.4. The molecule has 0 saturated carbocycles. The molecule has 1 unspecified atom stereocenters. The van der Waals surface area contributed by atoms with E-state index in [0.29, 0.717) is 19.5 Å². The number of carbonyl (C=O) groups is 1. The molecule has 1 aromatic carbocycles. The van der Waals surface area contributed by atoms with Crippen LogP contribution in [0, 0.1) is 0 Å². The monoisotopic (exact) mass is 272 g/mol. The zero-order valence-electron chi connectivity index (χ0n) is 11.6. The maximum Gasteiger partial charge on any atom is 0.221 e. The molecule has 1 aromatic heterocycles. The predicted octanol–water partition coefficient (Wildman–Crippen LogP) is 1.28. The highest BCUT2D eigenvalue weighted by Gasteiger charge is 2.07. The highest BCUT2D eigenvalue weighted by atomic mass is 16.1. The fourth-order valence-corrected chi connectivity index (χ4v) is 2.01. The van der Waals surface area contributed by atoms with E-state index in [4.69, 9.17) is 5.73 Å². The van der Waals surface area contributed by atoms with Gasteiger partial charge in [0.1, 0.15) is 0 Å². The van der Waals surface area contributed by atoms with Crippen LogP contribution in [0.2, 0.25) is 0 Å². The molecule has 0 radical (unpaired) electrons. The Hall–Kier alpha value is -2.14. The lowest BCUT2D eigenvalue weighted by Gasteiger charge is -2.11. The molecule has 0 saturated heterocycles. The second-order valence-corrected chi connectivity index (χ2v) is 4.93. The number of nitrogens with one attached hydrogen (secondary N) is 1. The van der Waals surface area contributed by atoms with Crippen molar-refractivity contribution in [3.05, 3.63) is 53.9 Å².